The molecule has 2 bridgehead atoms. The van der Waals surface area contributed by atoms with Crippen molar-refractivity contribution in [2.45, 2.75) is 31.5 Å². The molecular weight excluding hydrogens is 389 g/mol. The molecule has 3 aliphatic heterocycles. The Kier molecular flexibility index (Phi) is 4.50. The molecule has 1 N–H and O–H groups in total. The molecule has 0 aromatic carbocycles. The highest BCUT2D eigenvalue weighted by Crippen LogP contribution is 2.54. The monoisotopic (exact) mass is 411 g/mol. The second-order valence-corrected chi connectivity index (χ2v) is 8.28. The molecule has 3 fully saturated rings. The van der Waals surface area contributed by atoms with E-state index in [4.69, 9.17) is 4.74 Å². The number of likely N-dealkylation sites (tertiary alicyclic amines) is 1. The summed E-state index contributed by atoms with van der Waals surface area (Å²) < 4.78 is 20.4. The van der Waals surface area contributed by atoms with Gasteiger partial charge >= 0.3 is 0 Å². The molecule has 0 unspecified atom stereocenters. The molecule has 5 heterocycles. The molecule has 5 rings (SSSR count). The van der Waals surface area contributed by atoms with Gasteiger partial charge in [-0.3, -0.25) is 9.59 Å². The molecule has 0 aliphatic carbocycles. The van der Waals surface area contributed by atoms with Crippen LogP contribution < -0.4 is 5.32 Å². The Balaban J connectivity index is 1.28. The van der Waals surface area contributed by atoms with Crippen LogP contribution in [0.15, 0.2) is 30.7 Å². The van der Waals surface area contributed by atoms with Crippen LogP contribution in [0.1, 0.15) is 39.5 Å². The molecule has 0 radical (unpaired) electrons. The minimum atomic E-state index is -0.619. The molecule has 8 nitrogen and oxygen atoms in total. The Labute approximate surface area is 172 Å². The molecule has 2 aromatic heterocycles. The van der Waals surface area contributed by atoms with E-state index in [9.17, 15) is 14.0 Å². The maximum atomic E-state index is 14.0. The quantitative estimate of drug-likeness (QED) is 0.816. The summed E-state index contributed by atoms with van der Waals surface area (Å²) in [5.74, 6) is -0.458. The average Bonchev–Trinajstić information content (AvgIpc) is 3.41. The number of carbonyl (C=O) groups excluding carboxylic acids is 2. The first kappa shape index (κ1) is 19.0. The van der Waals surface area contributed by atoms with E-state index in [0.717, 1.165) is 12.8 Å². The van der Waals surface area contributed by atoms with Crippen molar-refractivity contribution in [1.82, 2.24) is 25.2 Å². The first-order valence-corrected chi connectivity index (χ1v) is 10.1. The standard InChI is InChI=1S/C21H22FN5O3/c1-12-24-7-13(8-25-12)19(28)26-9-14-15-10-27(11-21(15)5-4-17(14)30-21)20(29)18-16(22)3-2-6-23-18/h2-3,6-8,14-15,17H,4-5,9-11H2,1H3,(H,26,28)/t14-,15+,17+,21+/m0/s1. The third-order valence-corrected chi connectivity index (χ3v) is 6.57. The second-order valence-electron chi connectivity index (χ2n) is 8.28. The van der Waals surface area contributed by atoms with Crippen molar-refractivity contribution in [2.24, 2.45) is 11.8 Å². The van der Waals surface area contributed by atoms with Crippen LogP contribution in [0.25, 0.3) is 0 Å². The Morgan fingerprint density at radius 2 is 2.13 bits per heavy atom. The maximum absolute atomic E-state index is 14.0. The van der Waals surface area contributed by atoms with Crippen LogP contribution in [0.4, 0.5) is 4.39 Å². The predicted octanol–water partition coefficient (Wildman–Crippen LogP) is 1.37. The van der Waals surface area contributed by atoms with Crippen molar-refractivity contribution in [3.05, 3.63) is 53.6 Å². The van der Waals surface area contributed by atoms with Crippen molar-refractivity contribution in [3.63, 3.8) is 0 Å². The van der Waals surface area contributed by atoms with Crippen molar-refractivity contribution < 1.29 is 18.7 Å². The smallest absolute Gasteiger partial charge is 0.275 e. The fraction of sp³-hybridized carbons (Fsp3) is 0.476. The van der Waals surface area contributed by atoms with Gasteiger partial charge in [-0.1, -0.05) is 0 Å². The van der Waals surface area contributed by atoms with Crippen molar-refractivity contribution in [1.29, 1.82) is 0 Å². The summed E-state index contributed by atoms with van der Waals surface area (Å²) in [7, 11) is 0. The average molecular weight is 411 g/mol. The lowest BCUT2D eigenvalue weighted by Crippen LogP contribution is -2.41. The Hall–Kier alpha value is -2.94. The van der Waals surface area contributed by atoms with Crippen LogP contribution in [0, 0.1) is 24.6 Å². The van der Waals surface area contributed by atoms with Gasteiger partial charge < -0.3 is 15.0 Å². The van der Waals surface area contributed by atoms with Gasteiger partial charge in [-0.05, 0) is 31.9 Å². The topological polar surface area (TPSA) is 97.3 Å². The first-order valence-electron chi connectivity index (χ1n) is 10.1. The zero-order chi connectivity index (χ0) is 20.9. The molecule has 0 saturated carbocycles. The normalized spacial score (nSPS) is 29.1. The van der Waals surface area contributed by atoms with Crippen LogP contribution in [0.5, 0.6) is 0 Å². The number of pyridine rings is 1. The van der Waals surface area contributed by atoms with E-state index in [1.165, 1.54) is 30.7 Å². The SMILES string of the molecule is Cc1ncc(C(=O)NC[C@H]2[C@H]3CN(C(=O)c4ncccc4F)C[C@]34CC[C@H]2O4)cn1. The van der Waals surface area contributed by atoms with E-state index in [1.807, 2.05) is 0 Å². The summed E-state index contributed by atoms with van der Waals surface area (Å²) in [4.78, 5) is 39.0. The highest BCUT2D eigenvalue weighted by Gasteiger charge is 2.63. The van der Waals surface area contributed by atoms with Crippen LogP contribution in [-0.4, -0.2) is 63.0 Å². The number of hydrogen-bond acceptors (Lipinski definition) is 6. The first-order chi connectivity index (χ1) is 14.5. The third-order valence-electron chi connectivity index (χ3n) is 6.57. The molecular formula is C21H22FN5O3. The summed E-state index contributed by atoms with van der Waals surface area (Å²) in [5, 5.41) is 2.96. The molecule has 3 saturated heterocycles. The molecule has 9 heteroatoms. The maximum Gasteiger partial charge on any atom is 0.275 e. The van der Waals surface area contributed by atoms with Gasteiger partial charge in [0.25, 0.3) is 11.8 Å². The van der Waals surface area contributed by atoms with Crippen LogP contribution >= 0.6 is 0 Å². The van der Waals surface area contributed by atoms with E-state index in [2.05, 4.69) is 20.3 Å². The molecule has 2 aromatic rings. The van der Waals surface area contributed by atoms with Crippen molar-refractivity contribution >= 4 is 11.8 Å². The van der Waals surface area contributed by atoms with Crippen LogP contribution in [0.3, 0.4) is 0 Å². The van der Waals surface area contributed by atoms with E-state index < -0.39 is 17.3 Å². The van der Waals surface area contributed by atoms with Gasteiger partial charge in [0.2, 0.25) is 0 Å². The van der Waals surface area contributed by atoms with Crippen molar-refractivity contribution in [3.8, 4) is 0 Å². The summed E-state index contributed by atoms with van der Waals surface area (Å²) >= 11 is 0. The van der Waals surface area contributed by atoms with Gasteiger partial charge in [0.05, 0.1) is 23.8 Å². The number of ether oxygens (including phenoxy) is 1. The van der Waals surface area contributed by atoms with Crippen LogP contribution in [-0.2, 0) is 4.74 Å². The fourth-order valence-electron chi connectivity index (χ4n) is 5.13. The number of hydrogen-bond donors (Lipinski definition) is 1. The number of nitrogens with one attached hydrogen (secondary N) is 1. The number of aryl methyl sites for hydroxylation is 1. The Bertz CT molecular complexity index is 1000. The van der Waals surface area contributed by atoms with E-state index in [0.29, 0.717) is 31.0 Å². The lowest BCUT2D eigenvalue weighted by atomic mass is 9.73. The van der Waals surface area contributed by atoms with Gasteiger partial charge in [-0.15, -0.1) is 0 Å². The predicted molar refractivity (Wildman–Crippen MR) is 103 cm³/mol. The lowest BCUT2D eigenvalue weighted by Gasteiger charge is -2.29. The number of amides is 2. The van der Waals surface area contributed by atoms with E-state index in [-0.39, 0.29) is 29.5 Å². The minimum absolute atomic E-state index is 0.0633. The highest BCUT2D eigenvalue weighted by molar-refractivity contribution is 5.93. The zero-order valence-corrected chi connectivity index (χ0v) is 16.5. The lowest BCUT2D eigenvalue weighted by molar-refractivity contribution is 0.00305. The molecule has 2 amide bonds. The zero-order valence-electron chi connectivity index (χ0n) is 16.5. The van der Waals surface area contributed by atoms with Gasteiger partial charge in [-0.2, -0.15) is 0 Å². The molecule has 3 aliphatic rings. The Morgan fingerprint density at radius 1 is 1.33 bits per heavy atom. The molecule has 1 spiro atoms. The summed E-state index contributed by atoms with van der Waals surface area (Å²) in [6.45, 7) is 3.11. The fourth-order valence-corrected chi connectivity index (χ4v) is 5.13. The highest BCUT2D eigenvalue weighted by atomic mass is 19.1. The van der Waals surface area contributed by atoms with E-state index in [1.54, 1.807) is 11.8 Å². The third kappa shape index (κ3) is 3.04. The summed E-state index contributed by atoms with van der Waals surface area (Å²) in [5.41, 5.74) is -0.158. The number of nitrogens with zero attached hydrogens (tertiary/aromatic N) is 4. The number of carbonyl (C=O) groups is 2. The number of rotatable bonds is 4. The van der Waals surface area contributed by atoms with Gasteiger partial charge in [0, 0.05) is 43.5 Å². The van der Waals surface area contributed by atoms with Gasteiger partial charge in [0.1, 0.15) is 5.82 Å². The molecule has 30 heavy (non-hydrogen) atoms. The summed E-state index contributed by atoms with van der Waals surface area (Å²) in [6.07, 6.45) is 6.26. The number of fused-ring (bicyclic) bond motifs is 1. The number of aromatic nitrogens is 3. The Morgan fingerprint density at radius 3 is 2.90 bits per heavy atom. The van der Waals surface area contributed by atoms with Gasteiger partial charge in [0.15, 0.2) is 11.5 Å². The van der Waals surface area contributed by atoms with Crippen LogP contribution in [0.2, 0.25) is 0 Å². The summed E-state index contributed by atoms with van der Waals surface area (Å²) in [6, 6.07) is 2.71. The van der Waals surface area contributed by atoms with E-state index >= 15 is 0 Å². The second kappa shape index (κ2) is 7.09. The molecule has 4 atom stereocenters. The van der Waals surface area contributed by atoms with Crippen molar-refractivity contribution in [2.75, 3.05) is 19.6 Å². The minimum Gasteiger partial charge on any atom is -0.369 e. The van der Waals surface area contributed by atoms with Gasteiger partial charge in [-0.25, -0.2) is 19.3 Å². The number of halogens is 1. The largest absolute Gasteiger partial charge is 0.369 e. The molecule has 156 valence electrons.